The zero-order chi connectivity index (χ0) is 17.1. The molecule has 24 heavy (non-hydrogen) atoms. The molecule has 7 heteroatoms. The van der Waals surface area contributed by atoms with Gasteiger partial charge in [-0.2, -0.15) is 4.98 Å². The number of rotatable bonds is 5. The smallest absolute Gasteiger partial charge is 0.272 e. The number of aryl methyl sites for hydroxylation is 2. The van der Waals surface area contributed by atoms with E-state index in [1.165, 1.54) is 6.07 Å². The number of hydrogen-bond donors (Lipinski definition) is 0. The van der Waals surface area contributed by atoms with Gasteiger partial charge in [0.1, 0.15) is 5.75 Å². The molecule has 0 atom stereocenters. The second-order valence-electron chi connectivity index (χ2n) is 5.37. The topological polar surface area (TPSA) is 91.3 Å². The van der Waals surface area contributed by atoms with Gasteiger partial charge in [0.15, 0.2) is 6.61 Å². The molecule has 0 fully saturated rings. The van der Waals surface area contributed by atoms with Gasteiger partial charge < -0.3 is 9.26 Å². The monoisotopic (exact) mass is 325 g/mol. The SMILES string of the molecule is Cc1ccc(-c2noc(COc3ccc([N+](=O)[O-])c(C)c3)n2)cc1. The fourth-order valence-corrected chi connectivity index (χ4v) is 2.20. The van der Waals surface area contributed by atoms with Crippen LogP contribution in [0.3, 0.4) is 0 Å². The lowest BCUT2D eigenvalue weighted by molar-refractivity contribution is -0.385. The van der Waals surface area contributed by atoms with Crippen LogP contribution in [0.15, 0.2) is 47.0 Å². The van der Waals surface area contributed by atoms with Crippen LogP contribution in [0.25, 0.3) is 11.4 Å². The maximum absolute atomic E-state index is 10.8. The first-order valence-corrected chi connectivity index (χ1v) is 7.30. The Morgan fingerprint density at radius 2 is 1.92 bits per heavy atom. The molecule has 2 aromatic carbocycles. The van der Waals surface area contributed by atoms with Gasteiger partial charge in [0.25, 0.3) is 11.6 Å². The zero-order valence-corrected chi connectivity index (χ0v) is 13.2. The Morgan fingerprint density at radius 1 is 1.17 bits per heavy atom. The molecule has 3 aromatic rings. The van der Waals surface area contributed by atoms with Crippen molar-refractivity contribution in [2.24, 2.45) is 0 Å². The van der Waals surface area contributed by atoms with Gasteiger partial charge in [-0.15, -0.1) is 0 Å². The van der Waals surface area contributed by atoms with Gasteiger partial charge in [-0.1, -0.05) is 35.0 Å². The Balaban J connectivity index is 1.68. The lowest BCUT2D eigenvalue weighted by Crippen LogP contribution is -1.97. The van der Waals surface area contributed by atoms with E-state index < -0.39 is 4.92 Å². The van der Waals surface area contributed by atoms with Gasteiger partial charge in [0.2, 0.25) is 5.82 Å². The van der Waals surface area contributed by atoms with E-state index in [1.807, 2.05) is 31.2 Å². The zero-order valence-electron chi connectivity index (χ0n) is 13.2. The number of nitro benzene ring substituents is 1. The molecule has 7 nitrogen and oxygen atoms in total. The van der Waals surface area contributed by atoms with E-state index in [-0.39, 0.29) is 12.3 Å². The summed E-state index contributed by atoms with van der Waals surface area (Å²) in [6.45, 7) is 3.76. The molecule has 0 unspecified atom stereocenters. The molecule has 0 saturated carbocycles. The van der Waals surface area contributed by atoms with Gasteiger partial charge in [-0.3, -0.25) is 10.1 Å². The molecule has 1 heterocycles. The van der Waals surface area contributed by atoms with Crippen molar-refractivity contribution in [1.29, 1.82) is 0 Å². The molecule has 1 aromatic heterocycles. The van der Waals surface area contributed by atoms with Crippen LogP contribution in [-0.2, 0) is 6.61 Å². The first-order valence-electron chi connectivity index (χ1n) is 7.30. The molecule has 0 aliphatic rings. The second kappa shape index (κ2) is 6.49. The molecule has 0 amide bonds. The fourth-order valence-electron chi connectivity index (χ4n) is 2.20. The summed E-state index contributed by atoms with van der Waals surface area (Å²) in [5.74, 6) is 1.34. The standard InChI is InChI=1S/C17H15N3O4/c1-11-3-5-13(6-4-11)17-18-16(24-19-17)10-23-14-7-8-15(20(21)22)12(2)9-14/h3-9H,10H2,1-2H3. The minimum Gasteiger partial charge on any atom is -0.484 e. The average molecular weight is 325 g/mol. The second-order valence-corrected chi connectivity index (χ2v) is 5.37. The molecule has 0 spiro atoms. The van der Waals surface area contributed by atoms with Crippen LogP contribution in [-0.4, -0.2) is 15.1 Å². The summed E-state index contributed by atoms with van der Waals surface area (Å²) in [5.41, 5.74) is 2.60. The van der Waals surface area contributed by atoms with Gasteiger partial charge in [-0.05, 0) is 26.0 Å². The van der Waals surface area contributed by atoms with E-state index in [0.29, 0.717) is 23.0 Å². The van der Waals surface area contributed by atoms with Gasteiger partial charge in [0, 0.05) is 17.2 Å². The average Bonchev–Trinajstić information content (AvgIpc) is 3.02. The highest BCUT2D eigenvalue weighted by atomic mass is 16.6. The first-order chi connectivity index (χ1) is 11.5. The predicted octanol–water partition coefficient (Wildman–Crippen LogP) is 3.84. The van der Waals surface area contributed by atoms with Crippen LogP contribution in [0.1, 0.15) is 17.0 Å². The maximum Gasteiger partial charge on any atom is 0.272 e. The van der Waals surface area contributed by atoms with Crippen molar-refractivity contribution in [3.8, 4) is 17.1 Å². The highest BCUT2D eigenvalue weighted by Crippen LogP contribution is 2.24. The molecule has 0 aliphatic carbocycles. The number of aromatic nitrogens is 2. The summed E-state index contributed by atoms with van der Waals surface area (Å²) in [4.78, 5) is 14.7. The Kier molecular flexibility index (Phi) is 4.24. The maximum atomic E-state index is 10.8. The van der Waals surface area contributed by atoms with Crippen LogP contribution in [0, 0.1) is 24.0 Å². The van der Waals surface area contributed by atoms with Crippen molar-refractivity contribution < 1.29 is 14.2 Å². The van der Waals surface area contributed by atoms with Crippen molar-refractivity contribution in [2.75, 3.05) is 0 Å². The van der Waals surface area contributed by atoms with Gasteiger partial charge >= 0.3 is 0 Å². The molecular formula is C17H15N3O4. The largest absolute Gasteiger partial charge is 0.484 e. The van der Waals surface area contributed by atoms with E-state index in [9.17, 15) is 10.1 Å². The highest BCUT2D eigenvalue weighted by Gasteiger charge is 2.12. The lowest BCUT2D eigenvalue weighted by Gasteiger charge is -2.04. The Bertz CT molecular complexity index is 872. The van der Waals surface area contributed by atoms with Crippen molar-refractivity contribution in [1.82, 2.24) is 10.1 Å². The molecule has 0 saturated heterocycles. The van der Waals surface area contributed by atoms with Crippen LogP contribution >= 0.6 is 0 Å². The van der Waals surface area contributed by atoms with Gasteiger partial charge in [0.05, 0.1) is 4.92 Å². The van der Waals surface area contributed by atoms with E-state index in [2.05, 4.69) is 10.1 Å². The van der Waals surface area contributed by atoms with Crippen LogP contribution in [0.4, 0.5) is 5.69 Å². The predicted molar refractivity (Wildman–Crippen MR) is 86.6 cm³/mol. The number of benzene rings is 2. The molecule has 0 radical (unpaired) electrons. The summed E-state index contributed by atoms with van der Waals surface area (Å²) < 4.78 is 10.7. The molecule has 3 rings (SSSR count). The summed E-state index contributed by atoms with van der Waals surface area (Å²) in [6.07, 6.45) is 0. The number of nitro groups is 1. The highest BCUT2D eigenvalue weighted by molar-refractivity contribution is 5.54. The molecular weight excluding hydrogens is 310 g/mol. The van der Waals surface area contributed by atoms with Crippen molar-refractivity contribution >= 4 is 5.69 Å². The summed E-state index contributed by atoms with van der Waals surface area (Å²) >= 11 is 0. The first kappa shape index (κ1) is 15.7. The molecule has 122 valence electrons. The molecule has 0 N–H and O–H groups in total. The normalized spacial score (nSPS) is 10.6. The number of hydrogen-bond acceptors (Lipinski definition) is 6. The lowest BCUT2D eigenvalue weighted by atomic mass is 10.1. The summed E-state index contributed by atoms with van der Waals surface area (Å²) in [6, 6.07) is 12.4. The number of nitrogens with zero attached hydrogens (tertiary/aromatic N) is 3. The van der Waals surface area contributed by atoms with E-state index >= 15 is 0 Å². The van der Waals surface area contributed by atoms with Crippen LogP contribution in [0.5, 0.6) is 5.75 Å². The summed E-state index contributed by atoms with van der Waals surface area (Å²) in [5, 5.41) is 14.7. The van der Waals surface area contributed by atoms with Gasteiger partial charge in [-0.25, -0.2) is 0 Å². The van der Waals surface area contributed by atoms with E-state index in [4.69, 9.17) is 9.26 Å². The van der Waals surface area contributed by atoms with E-state index in [1.54, 1.807) is 19.1 Å². The minimum absolute atomic E-state index is 0.0572. The van der Waals surface area contributed by atoms with Crippen molar-refractivity contribution in [2.45, 2.75) is 20.5 Å². The third-order valence-corrected chi connectivity index (χ3v) is 3.51. The van der Waals surface area contributed by atoms with Crippen LogP contribution < -0.4 is 4.74 Å². The summed E-state index contributed by atoms with van der Waals surface area (Å²) in [7, 11) is 0. The minimum atomic E-state index is -0.426. The molecule has 0 bridgehead atoms. The van der Waals surface area contributed by atoms with E-state index in [0.717, 1.165) is 11.1 Å². The Morgan fingerprint density at radius 3 is 2.58 bits per heavy atom. The van der Waals surface area contributed by atoms with Crippen molar-refractivity contribution in [3.63, 3.8) is 0 Å². The van der Waals surface area contributed by atoms with Crippen LogP contribution in [0.2, 0.25) is 0 Å². The third kappa shape index (κ3) is 3.40. The Hall–Kier alpha value is -3.22. The fraction of sp³-hybridized carbons (Fsp3) is 0.176. The number of ether oxygens (including phenoxy) is 1. The quantitative estimate of drug-likeness (QED) is 0.523. The van der Waals surface area contributed by atoms with Crippen molar-refractivity contribution in [3.05, 3.63) is 69.6 Å². The Labute approximate surface area is 138 Å². The third-order valence-electron chi connectivity index (χ3n) is 3.51. The molecule has 0 aliphatic heterocycles.